The molecule has 92 valence electrons. The molecule has 1 aliphatic heterocycles. The highest BCUT2D eigenvalue weighted by Crippen LogP contribution is 2.11. The van der Waals surface area contributed by atoms with Crippen LogP contribution in [-0.2, 0) is 4.79 Å². The van der Waals surface area contributed by atoms with Crippen LogP contribution in [0.3, 0.4) is 0 Å². The number of nitrogens with one attached hydrogen (secondary N) is 1. The zero-order chi connectivity index (χ0) is 12.3. The van der Waals surface area contributed by atoms with E-state index in [4.69, 9.17) is 11.6 Å². The van der Waals surface area contributed by atoms with Crippen molar-refractivity contribution in [1.29, 1.82) is 0 Å². The number of anilines is 1. The molecule has 17 heavy (non-hydrogen) atoms. The summed E-state index contributed by atoms with van der Waals surface area (Å²) in [4.78, 5) is 17.5. The average molecular weight is 256 g/mol. The fourth-order valence-corrected chi connectivity index (χ4v) is 1.90. The predicted octanol–water partition coefficient (Wildman–Crippen LogP) is 0.740. The fourth-order valence-electron chi connectivity index (χ4n) is 1.79. The highest BCUT2D eigenvalue weighted by molar-refractivity contribution is 6.30. The fraction of sp³-hybridized carbons (Fsp3) is 0.455. The Labute approximate surface area is 104 Å². The maximum atomic E-state index is 11.7. The monoisotopic (exact) mass is 255 g/mol. The van der Waals surface area contributed by atoms with Gasteiger partial charge < -0.3 is 10.4 Å². The van der Waals surface area contributed by atoms with Gasteiger partial charge in [-0.3, -0.25) is 9.69 Å². The molecule has 6 heteroatoms. The number of aromatic nitrogens is 1. The molecule has 0 saturated carbocycles. The zero-order valence-electron chi connectivity index (χ0n) is 9.27. The Hall–Kier alpha value is -1.17. The molecule has 0 aliphatic carbocycles. The number of carbonyl (C=O) groups is 1. The third-order valence-electron chi connectivity index (χ3n) is 2.61. The summed E-state index contributed by atoms with van der Waals surface area (Å²) in [6, 6.07) is 3.32. The first-order valence-corrected chi connectivity index (χ1v) is 5.83. The van der Waals surface area contributed by atoms with Gasteiger partial charge in [0.25, 0.3) is 0 Å². The first-order valence-electron chi connectivity index (χ1n) is 5.45. The van der Waals surface area contributed by atoms with Crippen LogP contribution in [0.1, 0.15) is 6.42 Å². The molecule has 0 spiro atoms. The maximum Gasteiger partial charge on any atom is 0.239 e. The van der Waals surface area contributed by atoms with Gasteiger partial charge in [-0.2, -0.15) is 0 Å². The molecule has 5 nitrogen and oxygen atoms in total. The normalized spacial score (nSPS) is 20.5. The van der Waals surface area contributed by atoms with Crippen LogP contribution in [0, 0.1) is 0 Å². The van der Waals surface area contributed by atoms with Crippen molar-refractivity contribution in [3.05, 3.63) is 23.4 Å². The van der Waals surface area contributed by atoms with E-state index in [9.17, 15) is 9.90 Å². The lowest BCUT2D eigenvalue weighted by Crippen LogP contribution is -2.32. The number of halogens is 1. The molecule has 2 rings (SSSR count). The Bertz CT molecular complexity index is 396. The number of hydrogen-bond acceptors (Lipinski definition) is 4. The molecule has 0 bridgehead atoms. The summed E-state index contributed by atoms with van der Waals surface area (Å²) in [5.74, 6) is 0.355. The van der Waals surface area contributed by atoms with Gasteiger partial charge in [0, 0.05) is 19.3 Å². The van der Waals surface area contributed by atoms with Gasteiger partial charge in [0.2, 0.25) is 5.91 Å². The van der Waals surface area contributed by atoms with E-state index in [-0.39, 0.29) is 18.6 Å². The summed E-state index contributed by atoms with van der Waals surface area (Å²) in [5, 5.41) is 12.5. The Kier molecular flexibility index (Phi) is 3.93. The van der Waals surface area contributed by atoms with Gasteiger partial charge in [-0.1, -0.05) is 11.6 Å². The molecular weight excluding hydrogens is 242 g/mol. The number of hydrogen-bond donors (Lipinski definition) is 2. The molecule has 1 aromatic heterocycles. The second-order valence-electron chi connectivity index (χ2n) is 4.09. The Balaban J connectivity index is 1.83. The summed E-state index contributed by atoms with van der Waals surface area (Å²) in [6.07, 6.45) is 1.90. The van der Waals surface area contributed by atoms with Crippen LogP contribution in [0.5, 0.6) is 0 Å². The van der Waals surface area contributed by atoms with E-state index in [1.54, 1.807) is 12.1 Å². The molecule has 0 radical (unpaired) electrons. The first kappa shape index (κ1) is 12.3. The molecule has 2 N–H and O–H groups in total. The third-order valence-corrected chi connectivity index (χ3v) is 2.83. The van der Waals surface area contributed by atoms with E-state index in [2.05, 4.69) is 10.3 Å². The third kappa shape index (κ3) is 3.66. The lowest BCUT2D eigenvalue weighted by atomic mass is 10.3. The van der Waals surface area contributed by atoms with Crippen LogP contribution in [0.25, 0.3) is 0 Å². The smallest absolute Gasteiger partial charge is 0.239 e. The van der Waals surface area contributed by atoms with E-state index in [0.29, 0.717) is 17.4 Å². The summed E-state index contributed by atoms with van der Waals surface area (Å²) in [6.45, 7) is 1.59. The van der Waals surface area contributed by atoms with E-state index in [1.807, 2.05) is 4.90 Å². The molecule has 1 saturated heterocycles. The van der Waals surface area contributed by atoms with Crippen molar-refractivity contribution in [2.24, 2.45) is 0 Å². The number of amides is 1. The van der Waals surface area contributed by atoms with E-state index in [0.717, 1.165) is 13.0 Å². The quantitative estimate of drug-likeness (QED) is 0.836. The van der Waals surface area contributed by atoms with Crippen LogP contribution in [0.4, 0.5) is 5.82 Å². The van der Waals surface area contributed by atoms with Crippen LogP contribution >= 0.6 is 11.6 Å². The van der Waals surface area contributed by atoms with Gasteiger partial charge in [0.15, 0.2) is 0 Å². The maximum absolute atomic E-state index is 11.7. The molecule has 1 amide bonds. The molecule has 1 atom stereocenters. The molecule has 0 unspecified atom stereocenters. The van der Waals surface area contributed by atoms with Crippen molar-refractivity contribution >= 4 is 23.3 Å². The van der Waals surface area contributed by atoms with Gasteiger partial charge >= 0.3 is 0 Å². The van der Waals surface area contributed by atoms with Crippen molar-refractivity contribution in [2.45, 2.75) is 12.5 Å². The van der Waals surface area contributed by atoms with E-state index >= 15 is 0 Å². The summed E-state index contributed by atoms with van der Waals surface area (Å²) >= 11 is 5.69. The van der Waals surface area contributed by atoms with E-state index in [1.165, 1.54) is 6.20 Å². The summed E-state index contributed by atoms with van der Waals surface area (Å²) in [7, 11) is 0. The number of nitrogens with zero attached hydrogens (tertiary/aromatic N) is 2. The van der Waals surface area contributed by atoms with Crippen molar-refractivity contribution in [2.75, 3.05) is 25.0 Å². The summed E-state index contributed by atoms with van der Waals surface area (Å²) in [5.41, 5.74) is 0. The molecule has 2 heterocycles. The van der Waals surface area contributed by atoms with Crippen LogP contribution in [0.2, 0.25) is 5.02 Å². The number of aliphatic hydroxyl groups excluding tert-OH is 1. The predicted molar refractivity (Wildman–Crippen MR) is 64.9 cm³/mol. The number of pyridine rings is 1. The minimum absolute atomic E-state index is 0.131. The van der Waals surface area contributed by atoms with Crippen LogP contribution in [-0.4, -0.2) is 46.6 Å². The van der Waals surface area contributed by atoms with Gasteiger partial charge in [0.05, 0.1) is 17.7 Å². The minimum Gasteiger partial charge on any atom is -0.392 e. The Morgan fingerprint density at radius 2 is 2.47 bits per heavy atom. The SMILES string of the molecule is O=C(CN1CC[C@H](O)C1)Nc1ccc(Cl)cn1. The van der Waals surface area contributed by atoms with E-state index < -0.39 is 0 Å². The zero-order valence-corrected chi connectivity index (χ0v) is 10.0. The van der Waals surface area contributed by atoms with Gasteiger partial charge in [-0.05, 0) is 18.6 Å². The molecule has 1 aromatic rings. The van der Waals surface area contributed by atoms with Crippen molar-refractivity contribution < 1.29 is 9.90 Å². The number of aliphatic hydroxyl groups is 1. The van der Waals surface area contributed by atoms with Crippen molar-refractivity contribution in [3.63, 3.8) is 0 Å². The number of carbonyl (C=O) groups excluding carboxylic acids is 1. The van der Waals surface area contributed by atoms with Crippen LogP contribution in [0.15, 0.2) is 18.3 Å². The second-order valence-corrected chi connectivity index (χ2v) is 4.52. The van der Waals surface area contributed by atoms with Gasteiger partial charge in [-0.15, -0.1) is 0 Å². The number of β-amino-alcohol motifs (C(OH)–C–C–N with tert-alkyl or cyclic N) is 1. The molecule has 1 aliphatic rings. The number of rotatable bonds is 3. The minimum atomic E-state index is -0.309. The first-order chi connectivity index (χ1) is 8.13. The average Bonchev–Trinajstić information content (AvgIpc) is 2.67. The second kappa shape index (κ2) is 5.44. The largest absolute Gasteiger partial charge is 0.392 e. The molecule has 0 aromatic carbocycles. The molecular formula is C11H14ClN3O2. The Morgan fingerprint density at radius 3 is 3.06 bits per heavy atom. The lowest BCUT2D eigenvalue weighted by Gasteiger charge is -2.13. The van der Waals surface area contributed by atoms with Gasteiger partial charge in [0.1, 0.15) is 5.82 Å². The van der Waals surface area contributed by atoms with Crippen LogP contribution < -0.4 is 5.32 Å². The summed E-state index contributed by atoms with van der Waals surface area (Å²) < 4.78 is 0. The van der Waals surface area contributed by atoms with Crippen molar-refractivity contribution in [3.8, 4) is 0 Å². The Morgan fingerprint density at radius 1 is 1.65 bits per heavy atom. The van der Waals surface area contributed by atoms with Gasteiger partial charge in [-0.25, -0.2) is 4.98 Å². The topological polar surface area (TPSA) is 65.5 Å². The number of likely N-dealkylation sites (tertiary alicyclic amines) is 1. The highest BCUT2D eigenvalue weighted by atomic mass is 35.5. The van der Waals surface area contributed by atoms with Crippen molar-refractivity contribution in [1.82, 2.24) is 9.88 Å². The highest BCUT2D eigenvalue weighted by Gasteiger charge is 2.21. The standard InChI is InChI=1S/C11H14ClN3O2/c12-8-1-2-10(13-5-8)14-11(17)7-15-4-3-9(16)6-15/h1-2,5,9,16H,3-4,6-7H2,(H,13,14,17)/t9-/m0/s1. The molecule has 1 fully saturated rings. The lowest BCUT2D eigenvalue weighted by molar-refractivity contribution is -0.117.